The number of hydrogen-bond acceptors (Lipinski definition) is 6. The molecule has 2 rings (SSSR count). The van der Waals surface area contributed by atoms with Crippen LogP contribution in [-0.4, -0.2) is 66.3 Å². The van der Waals surface area contributed by atoms with Crippen LogP contribution < -0.4 is 4.90 Å². The third-order valence-corrected chi connectivity index (χ3v) is 8.60. The molecule has 0 saturated carbocycles. The lowest BCUT2D eigenvalue weighted by molar-refractivity contribution is -0.107. The summed E-state index contributed by atoms with van der Waals surface area (Å²) in [5.74, 6) is 3.21. The second-order valence-corrected chi connectivity index (χ2v) is 11.7. The SMILES string of the molecule is C#CCN(C)C(=O)c1c(N(C=O)CCCCP(=O)(OCC)OCC)nc(CCc2ccc(Br)cc2)n1CC. The Labute approximate surface area is 234 Å². The van der Waals surface area contributed by atoms with Crippen molar-refractivity contribution in [3.05, 3.63) is 45.8 Å². The van der Waals surface area contributed by atoms with Gasteiger partial charge in [0.1, 0.15) is 5.82 Å². The molecule has 0 aliphatic rings. The average Bonchev–Trinajstić information content (AvgIpc) is 3.26. The van der Waals surface area contributed by atoms with Gasteiger partial charge in [-0.05, 0) is 57.7 Å². The van der Waals surface area contributed by atoms with Crippen molar-refractivity contribution in [1.29, 1.82) is 0 Å². The lowest BCUT2D eigenvalue weighted by Crippen LogP contribution is -2.32. The number of aryl methyl sites for hydroxylation is 2. The lowest BCUT2D eigenvalue weighted by atomic mass is 10.1. The molecule has 1 aromatic heterocycles. The van der Waals surface area contributed by atoms with E-state index >= 15 is 0 Å². The minimum absolute atomic E-state index is 0.132. The molecule has 0 radical (unpaired) electrons. The van der Waals surface area contributed by atoms with E-state index in [1.807, 2.05) is 35.8 Å². The number of imidazole rings is 1. The molecule has 1 heterocycles. The van der Waals surface area contributed by atoms with Gasteiger partial charge in [0.25, 0.3) is 5.91 Å². The number of aromatic nitrogens is 2. The Morgan fingerprint density at radius 2 is 1.82 bits per heavy atom. The number of unbranched alkanes of at least 4 members (excludes halogenated alkanes) is 1. The number of halogens is 1. The lowest BCUT2D eigenvalue weighted by Gasteiger charge is -2.21. The van der Waals surface area contributed by atoms with Crippen LogP contribution in [0.3, 0.4) is 0 Å². The Hall–Kier alpha value is -2.44. The van der Waals surface area contributed by atoms with Crippen molar-refractivity contribution in [2.45, 2.75) is 53.0 Å². The van der Waals surface area contributed by atoms with E-state index < -0.39 is 7.60 Å². The van der Waals surface area contributed by atoms with Crippen molar-refractivity contribution in [2.75, 3.05) is 44.4 Å². The highest BCUT2D eigenvalue weighted by molar-refractivity contribution is 9.10. The second kappa shape index (κ2) is 15.8. The number of hydrogen-bond donors (Lipinski definition) is 0. The normalized spacial score (nSPS) is 11.3. The zero-order chi connectivity index (χ0) is 28.1. The maximum absolute atomic E-state index is 13.4. The third kappa shape index (κ3) is 8.81. The molecule has 9 nitrogen and oxygen atoms in total. The summed E-state index contributed by atoms with van der Waals surface area (Å²) in [5.41, 5.74) is 1.47. The molecule has 0 aliphatic carbocycles. The first-order chi connectivity index (χ1) is 18.2. The number of benzene rings is 1. The summed E-state index contributed by atoms with van der Waals surface area (Å²) in [5, 5.41) is 0. The summed E-state index contributed by atoms with van der Waals surface area (Å²) >= 11 is 3.45. The second-order valence-electron chi connectivity index (χ2n) is 8.61. The van der Waals surface area contributed by atoms with Crippen molar-refractivity contribution in [1.82, 2.24) is 14.5 Å². The van der Waals surface area contributed by atoms with Crippen LogP contribution in [0.5, 0.6) is 0 Å². The third-order valence-electron chi connectivity index (χ3n) is 5.90. The predicted octanol–water partition coefficient (Wildman–Crippen LogP) is 5.17. The molecule has 0 aliphatic heterocycles. The van der Waals surface area contributed by atoms with Crippen LogP contribution in [0.1, 0.15) is 55.5 Å². The standard InChI is InChI=1S/C27H38BrN4O5P/c1-6-18-30(5)27(34)25-26(31(21-33)19-10-11-20-38(35,36-8-3)37-9-4)29-24(32(25)7-2)17-14-22-12-15-23(28)16-13-22/h1,12-13,15-16,21H,7-11,14,17-20H2,2-5H3. The van der Waals surface area contributed by atoms with Gasteiger partial charge in [-0.25, -0.2) is 4.98 Å². The van der Waals surface area contributed by atoms with E-state index in [2.05, 4.69) is 21.9 Å². The first kappa shape index (κ1) is 31.8. The predicted molar refractivity (Wildman–Crippen MR) is 154 cm³/mol. The first-order valence-electron chi connectivity index (χ1n) is 12.9. The fraction of sp³-hybridized carbons (Fsp3) is 0.519. The van der Waals surface area contributed by atoms with Crippen molar-refractivity contribution < 1.29 is 23.2 Å². The van der Waals surface area contributed by atoms with Gasteiger partial charge in [0.05, 0.1) is 25.9 Å². The fourth-order valence-electron chi connectivity index (χ4n) is 4.08. The maximum Gasteiger partial charge on any atom is 0.330 e. The molecule has 0 atom stereocenters. The molecule has 0 fully saturated rings. The van der Waals surface area contributed by atoms with E-state index in [1.54, 1.807) is 20.9 Å². The Balaban J connectivity index is 2.31. The Morgan fingerprint density at radius 1 is 1.16 bits per heavy atom. The van der Waals surface area contributed by atoms with Gasteiger partial charge in [0.2, 0.25) is 6.41 Å². The fourth-order valence-corrected chi connectivity index (χ4v) is 6.08. The summed E-state index contributed by atoms with van der Waals surface area (Å²) in [6.45, 7) is 7.02. The van der Waals surface area contributed by atoms with Crippen LogP contribution in [-0.2, 0) is 37.8 Å². The van der Waals surface area contributed by atoms with Gasteiger partial charge in [-0.3, -0.25) is 19.1 Å². The number of carbonyl (C=O) groups is 2. The van der Waals surface area contributed by atoms with Crippen LogP contribution in [0.4, 0.5) is 5.82 Å². The van der Waals surface area contributed by atoms with E-state index in [0.717, 1.165) is 16.5 Å². The quantitative estimate of drug-likeness (QED) is 0.106. The smallest absolute Gasteiger partial charge is 0.329 e. The van der Waals surface area contributed by atoms with Crippen LogP contribution in [0, 0.1) is 12.3 Å². The average molecular weight is 610 g/mol. The summed E-state index contributed by atoms with van der Waals surface area (Å²) < 4.78 is 26.3. The molecule has 2 amide bonds. The summed E-state index contributed by atoms with van der Waals surface area (Å²) in [6.07, 6.45) is 8.75. The van der Waals surface area contributed by atoms with Gasteiger partial charge in [0.15, 0.2) is 11.5 Å². The largest absolute Gasteiger partial charge is 0.330 e. The minimum atomic E-state index is -3.16. The number of carbonyl (C=O) groups excluding carboxylic acids is 2. The van der Waals surface area contributed by atoms with Gasteiger partial charge >= 0.3 is 7.60 Å². The van der Waals surface area contributed by atoms with Crippen LogP contribution in [0.15, 0.2) is 28.7 Å². The van der Waals surface area contributed by atoms with Crippen LogP contribution >= 0.6 is 23.5 Å². The van der Waals surface area contributed by atoms with Gasteiger partial charge in [0, 0.05) is 31.0 Å². The minimum Gasteiger partial charge on any atom is -0.329 e. The van der Waals surface area contributed by atoms with Crippen molar-refractivity contribution in [3.63, 3.8) is 0 Å². The molecule has 11 heteroatoms. The Bertz CT molecular complexity index is 1140. The number of anilines is 1. The van der Waals surface area contributed by atoms with E-state index in [0.29, 0.717) is 69.3 Å². The monoisotopic (exact) mass is 608 g/mol. The number of amides is 2. The summed E-state index contributed by atoms with van der Waals surface area (Å²) in [4.78, 5) is 33.3. The van der Waals surface area contributed by atoms with E-state index in [9.17, 15) is 14.2 Å². The van der Waals surface area contributed by atoms with Crippen molar-refractivity contribution in [2.24, 2.45) is 0 Å². The molecule has 0 bridgehead atoms. The van der Waals surface area contributed by atoms with Crippen molar-refractivity contribution in [3.8, 4) is 12.3 Å². The Kier molecular flexibility index (Phi) is 13.3. The first-order valence-corrected chi connectivity index (χ1v) is 15.4. The summed E-state index contributed by atoms with van der Waals surface area (Å²) in [7, 11) is -1.54. The molecule has 0 unspecified atom stereocenters. The Morgan fingerprint density at radius 3 is 2.37 bits per heavy atom. The topological polar surface area (TPSA) is 94.0 Å². The van der Waals surface area contributed by atoms with Gasteiger partial charge < -0.3 is 18.5 Å². The molecule has 0 N–H and O–H groups in total. The highest BCUT2D eigenvalue weighted by Gasteiger charge is 2.28. The zero-order valence-corrected chi connectivity index (χ0v) is 25.2. The number of nitrogens with zero attached hydrogens (tertiary/aromatic N) is 4. The molecular weight excluding hydrogens is 571 g/mol. The molecule has 38 heavy (non-hydrogen) atoms. The molecule has 1 aromatic carbocycles. The maximum atomic E-state index is 13.4. The molecule has 208 valence electrons. The molecule has 2 aromatic rings. The zero-order valence-electron chi connectivity index (χ0n) is 22.7. The van der Waals surface area contributed by atoms with Crippen LogP contribution in [0.25, 0.3) is 0 Å². The van der Waals surface area contributed by atoms with Gasteiger partial charge in [-0.2, -0.15) is 0 Å². The van der Waals surface area contributed by atoms with E-state index in [-0.39, 0.29) is 18.6 Å². The van der Waals surface area contributed by atoms with Crippen molar-refractivity contribution >= 4 is 41.7 Å². The molecular formula is C27H38BrN4O5P. The van der Waals surface area contributed by atoms with E-state index in [1.165, 1.54) is 9.80 Å². The van der Waals surface area contributed by atoms with Gasteiger partial charge in [-0.15, -0.1) is 6.42 Å². The number of terminal acetylenes is 1. The number of rotatable bonds is 17. The highest BCUT2D eigenvalue weighted by atomic mass is 79.9. The molecule has 0 saturated heterocycles. The highest BCUT2D eigenvalue weighted by Crippen LogP contribution is 2.48. The summed E-state index contributed by atoms with van der Waals surface area (Å²) in [6, 6.07) is 8.05. The van der Waals surface area contributed by atoms with E-state index in [4.69, 9.17) is 20.5 Å². The van der Waals surface area contributed by atoms with Gasteiger partial charge in [-0.1, -0.05) is 34.0 Å². The van der Waals surface area contributed by atoms with Crippen LogP contribution in [0.2, 0.25) is 0 Å². The molecule has 0 spiro atoms.